The molecule has 1 aromatic carbocycles. The predicted octanol–water partition coefficient (Wildman–Crippen LogP) is 1.82. The molecular weight excluding hydrogens is 256 g/mol. The molecule has 3 rings (SSSR count). The number of H-pyrrole nitrogens is 1. The molecule has 1 aliphatic carbocycles. The minimum absolute atomic E-state index is 0.0892. The number of aromatic amines is 1. The van der Waals surface area contributed by atoms with E-state index in [1.165, 1.54) is 5.56 Å². The van der Waals surface area contributed by atoms with Crippen LogP contribution in [-0.4, -0.2) is 21.0 Å². The van der Waals surface area contributed by atoms with E-state index >= 15 is 0 Å². The maximum atomic E-state index is 12.2. The van der Waals surface area contributed by atoms with E-state index in [1.54, 1.807) is 0 Å². The van der Waals surface area contributed by atoms with Crippen molar-refractivity contribution in [1.29, 1.82) is 0 Å². The third-order valence-corrected chi connectivity index (χ3v) is 3.81. The van der Waals surface area contributed by atoms with Gasteiger partial charge in [-0.3, -0.25) is 9.59 Å². The normalized spacial score (nSPS) is 13.6. The molecule has 5 nitrogen and oxygen atoms in total. The highest BCUT2D eigenvalue weighted by molar-refractivity contribution is 5.83. The number of rotatable bonds is 4. The Balaban J connectivity index is 1.97. The molecule has 0 unspecified atom stereocenters. The van der Waals surface area contributed by atoms with Crippen molar-refractivity contribution in [2.24, 2.45) is 0 Å². The van der Waals surface area contributed by atoms with Crippen LogP contribution in [0.15, 0.2) is 16.9 Å². The van der Waals surface area contributed by atoms with Crippen LogP contribution in [0, 0.1) is 0 Å². The first-order valence-corrected chi connectivity index (χ1v) is 6.90. The molecule has 0 bridgehead atoms. The van der Waals surface area contributed by atoms with Gasteiger partial charge in [-0.15, -0.1) is 0 Å². The second kappa shape index (κ2) is 5.07. The van der Waals surface area contributed by atoms with Gasteiger partial charge in [-0.1, -0.05) is 6.07 Å². The van der Waals surface area contributed by atoms with Gasteiger partial charge in [0.2, 0.25) is 0 Å². The summed E-state index contributed by atoms with van der Waals surface area (Å²) >= 11 is 0. The van der Waals surface area contributed by atoms with Crippen molar-refractivity contribution in [2.75, 3.05) is 0 Å². The zero-order valence-electron chi connectivity index (χ0n) is 11.1. The first kappa shape index (κ1) is 12.8. The highest BCUT2D eigenvalue weighted by atomic mass is 16.4. The second-order valence-electron chi connectivity index (χ2n) is 5.21. The molecule has 2 aromatic rings. The van der Waals surface area contributed by atoms with Crippen LogP contribution in [0.1, 0.15) is 36.2 Å². The molecule has 0 saturated carbocycles. The van der Waals surface area contributed by atoms with Crippen molar-refractivity contribution < 1.29 is 9.90 Å². The lowest BCUT2D eigenvalue weighted by Crippen LogP contribution is -2.14. The fraction of sp³-hybridized carbons (Fsp3) is 0.400. The fourth-order valence-corrected chi connectivity index (χ4v) is 2.89. The predicted molar refractivity (Wildman–Crippen MR) is 75.0 cm³/mol. The van der Waals surface area contributed by atoms with Crippen LogP contribution in [0.2, 0.25) is 0 Å². The molecule has 1 aliphatic rings. The van der Waals surface area contributed by atoms with E-state index in [-0.39, 0.29) is 12.0 Å². The molecule has 2 N–H and O–H groups in total. The van der Waals surface area contributed by atoms with E-state index < -0.39 is 5.97 Å². The Morgan fingerprint density at radius 2 is 2.20 bits per heavy atom. The van der Waals surface area contributed by atoms with Crippen LogP contribution in [0.5, 0.6) is 0 Å². The minimum atomic E-state index is -0.828. The topological polar surface area (TPSA) is 83.0 Å². The standard InChI is InChI=1S/C15H16N2O3/c18-13(19)6-2-5-12-16-11-8-7-9-3-1-4-10(9)14(11)15(20)17-12/h7-8H,1-6H2,(H,18,19)(H,16,17,20). The van der Waals surface area contributed by atoms with Crippen molar-refractivity contribution in [3.05, 3.63) is 39.4 Å². The summed E-state index contributed by atoms with van der Waals surface area (Å²) in [4.78, 5) is 30.0. The van der Waals surface area contributed by atoms with Crippen molar-refractivity contribution in [3.8, 4) is 0 Å². The average Bonchev–Trinajstić information content (AvgIpc) is 2.86. The van der Waals surface area contributed by atoms with Crippen molar-refractivity contribution >= 4 is 16.9 Å². The number of aliphatic carboxylic acids is 1. The van der Waals surface area contributed by atoms with Crippen LogP contribution in [-0.2, 0) is 24.1 Å². The summed E-state index contributed by atoms with van der Waals surface area (Å²) in [6, 6.07) is 3.95. The van der Waals surface area contributed by atoms with Gasteiger partial charge in [0.25, 0.3) is 5.56 Å². The molecule has 104 valence electrons. The summed E-state index contributed by atoms with van der Waals surface area (Å²) in [7, 11) is 0. The Hall–Kier alpha value is -2.17. The third kappa shape index (κ3) is 2.31. The monoisotopic (exact) mass is 272 g/mol. The number of hydrogen-bond donors (Lipinski definition) is 2. The number of nitrogens with one attached hydrogen (secondary N) is 1. The number of nitrogens with zero attached hydrogens (tertiary/aromatic N) is 1. The van der Waals surface area contributed by atoms with Crippen molar-refractivity contribution in [3.63, 3.8) is 0 Å². The number of carboxylic acids is 1. The maximum Gasteiger partial charge on any atom is 0.303 e. The lowest BCUT2D eigenvalue weighted by molar-refractivity contribution is -0.137. The highest BCUT2D eigenvalue weighted by Gasteiger charge is 2.17. The van der Waals surface area contributed by atoms with Crippen LogP contribution >= 0.6 is 0 Å². The van der Waals surface area contributed by atoms with E-state index in [2.05, 4.69) is 16.0 Å². The summed E-state index contributed by atoms with van der Waals surface area (Å²) in [5.41, 5.74) is 3.01. The molecular formula is C15H16N2O3. The van der Waals surface area contributed by atoms with E-state index in [9.17, 15) is 9.59 Å². The van der Waals surface area contributed by atoms with Crippen LogP contribution in [0.4, 0.5) is 0 Å². The van der Waals surface area contributed by atoms with Gasteiger partial charge in [0, 0.05) is 12.8 Å². The Morgan fingerprint density at radius 1 is 1.35 bits per heavy atom. The number of hydrogen-bond acceptors (Lipinski definition) is 3. The van der Waals surface area contributed by atoms with Crippen LogP contribution in [0.3, 0.4) is 0 Å². The zero-order valence-corrected chi connectivity index (χ0v) is 11.1. The SMILES string of the molecule is O=C(O)CCCc1nc2ccc3c(c2c(=O)[nH]1)CCC3. The number of aryl methyl sites for hydroxylation is 3. The van der Waals surface area contributed by atoms with E-state index in [0.717, 1.165) is 30.3 Å². The number of carboxylic acid groups (broad SMARTS) is 1. The number of carbonyl (C=O) groups is 1. The summed E-state index contributed by atoms with van der Waals surface area (Å²) in [6.45, 7) is 0. The van der Waals surface area contributed by atoms with Gasteiger partial charge in [0.1, 0.15) is 5.82 Å². The Morgan fingerprint density at radius 3 is 3.00 bits per heavy atom. The Bertz CT molecular complexity index is 734. The Labute approximate surface area is 115 Å². The maximum absolute atomic E-state index is 12.2. The fourth-order valence-electron chi connectivity index (χ4n) is 2.89. The van der Waals surface area contributed by atoms with Gasteiger partial charge < -0.3 is 10.1 Å². The summed E-state index contributed by atoms with van der Waals surface area (Å²) < 4.78 is 0. The quantitative estimate of drug-likeness (QED) is 0.889. The smallest absolute Gasteiger partial charge is 0.303 e. The highest BCUT2D eigenvalue weighted by Crippen LogP contribution is 2.26. The van der Waals surface area contributed by atoms with E-state index in [4.69, 9.17) is 5.11 Å². The summed E-state index contributed by atoms with van der Waals surface area (Å²) in [5, 5.41) is 9.34. The average molecular weight is 272 g/mol. The number of benzene rings is 1. The zero-order chi connectivity index (χ0) is 14.1. The molecule has 0 fully saturated rings. The molecule has 5 heteroatoms. The largest absolute Gasteiger partial charge is 0.481 e. The first-order chi connectivity index (χ1) is 9.65. The molecule has 20 heavy (non-hydrogen) atoms. The number of fused-ring (bicyclic) bond motifs is 3. The van der Waals surface area contributed by atoms with Gasteiger partial charge >= 0.3 is 5.97 Å². The van der Waals surface area contributed by atoms with Gasteiger partial charge in [-0.25, -0.2) is 4.98 Å². The molecule has 1 aromatic heterocycles. The molecule has 0 spiro atoms. The third-order valence-electron chi connectivity index (χ3n) is 3.81. The molecule has 0 radical (unpaired) electrons. The molecule has 1 heterocycles. The first-order valence-electron chi connectivity index (χ1n) is 6.90. The second-order valence-corrected chi connectivity index (χ2v) is 5.21. The van der Waals surface area contributed by atoms with Gasteiger partial charge in [0.15, 0.2) is 0 Å². The Kier molecular flexibility index (Phi) is 3.26. The van der Waals surface area contributed by atoms with Gasteiger partial charge in [-0.05, 0) is 42.9 Å². The van der Waals surface area contributed by atoms with Crippen molar-refractivity contribution in [1.82, 2.24) is 9.97 Å². The van der Waals surface area contributed by atoms with Crippen molar-refractivity contribution in [2.45, 2.75) is 38.5 Å². The molecule has 0 amide bonds. The van der Waals surface area contributed by atoms with Gasteiger partial charge in [-0.2, -0.15) is 0 Å². The molecule has 0 saturated heterocycles. The summed E-state index contributed by atoms with van der Waals surface area (Å²) in [6.07, 6.45) is 4.12. The van der Waals surface area contributed by atoms with Crippen LogP contribution in [0.25, 0.3) is 10.9 Å². The lowest BCUT2D eigenvalue weighted by Gasteiger charge is -2.06. The minimum Gasteiger partial charge on any atom is -0.481 e. The van der Waals surface area contributed by atoms with E-state index in [1.807, 2.05) is 6.07 Å². The van der Waals surface area contributed by atoms with Crippen LogP contribution < -0.4 is 5.56 Å². The van der Waals surface area contributed by atoms with Gasteiger partial charge in [0.05, 0.1) is 10.9 Å². The lowest BCUT2D eigenvalue weighted by atomic mass is 10.1. The molecule has 0 aliphatic heterocycles. The summed E-state index contributed by atoms with van der Waals surface area (Å²) in [5.74, 6) is -0.257. The van der Waals surface area contributed by atoms with E-state index in [0.29, 0.717) is 24.1 Å². The molecule has 0 atom stereocenters. The number of aromatic nitrogens is 2.